The minimum Gasteiger partial charge on any atom is -0.480 e. The Hall–Kier alpha value is -1.38. The molecule has 0 aromatic heterocycles. The molecule has 0 aromatic rings. The number of aliphatic hydroxyl groups excluding tert-OH is 1. The summed E-state index contributed by atoms with van der Waals surface area (Å²) >= 11 is 0. The Labute approximate surface area is 118 Å². The minimum atomic E-state index is -1.31. The molecule has 0 spiro atoms. The zero-order valence-electron chi connectivity index (χ0n) is 11.8. The topological polar surface area (TPSA) is 111 Å². The van der Waals surface area contributed by atoms with Gasteiger partial charge in [-0.3, -0.25) is 4.90 Å². The molecule has 1 saturated heterocycles. The van der Waals surface area contributed by atoms with Crippen molar-refractivity contribution in [2.45, 2.75) is 32.0 Å². The molecule has 3 atom stereocenters. The van der Waals surface area contributed by atoms with Crippen LogP contribution in [0.4, 0.5) is 4.79 Å². The Bertz CT molecular complexity index is 331. The third-order valence-corrected chi connectivity index (χ3v) is 3.05. The highest BCUT2D eigenvalue weighted by Crippen LogP contribution is 1.99. The lowest BCUT2D eigenvalue weighted by Gasteiger charge is -2.29. The normalized spacial score (nSPS) is 20.8. The first-order valence-corrected chi connectivity index (χ1v) is 6.68. The molecule has 0 radical (unpaired) electrons. The molecule has 1 fully saturated rings. The van der Waals surface area contributed by atoms with Crippen molar-refractivity contribution in [3.63, 3.8) is 0 Å². The number of amides is 2. The number of carboxylic acid groups (broad SMARTS) is 1. The fraction of sp³-hybridized carbons (Fsp3) is 0.833. The summed E-state index contributed by atoms with van der Waals surface area (Å²) in [7, 11) is 0. The van der Waals surface area contributed by atoms with Crippen molar-refractivity contribution in [2.24, 2.45) is 0 Å². The van der Waals surface area contributed by atoms with Gasteiger partial charge in [-0.25, -0.2) is 9.59 Å². The average Bonchev–Trinajstić information content (AvgIpc) is 2.36. The SMILES string of the molecule is CC(CN1CCOCC1)NC(=O)N[C@H](C(=O)O)[C@@H](C)O. The number of carbonyl (C=O) groups excluding carboxylic acids is 1. The highest BCUT2D eigenvalue weighted by atomic mass is 16.5. The first-order valence-electron chi connectivity index (χ1n) is 6.68. The number of hydrogen-bond donors (Lipinski definition) is 4. The number of rotatable bonds is 6. The summed E-state index contributed by atoms with van der Waals surface area (Å²) in [4.78, 5) is 24.7. The summed E-state index contributed by atoms with van der Waals surface area (Å²) < 4.78 is 5.23. The number of nitrogens with one attached hydrogen (secondary N) is 2. The zero-order valence-corrected chi connectivity index (χ0v) is 11.8. The third kappa shape index (κ3) is 5.72. The monoisotopic (exact) mass is 289 g/mol. The van der Waals surface area contributed by atoms with E-state index in [0.29, 0.717) is 19.8 Å². The van der Waals surface area contributed by atoms with Crippen molar-refractivity contribution in [3.8, 4) is 0 Å². The molecular formula is C12H23N3O5. The van der Waals surface area contributed by atoms with Gasteiger partial charge in [-0.05, 0) is 13.8 Å². The lowest BCUT2D eigenvalue weighted by molar-refractivity contribution is -0.141. The van der Waals surface area contributed by atoms with E-state index >= 15 is 0 Å². The molecule has 1 unspecified atom stereocenters. The minimum absolute atomic E-state index is 0.128. The molecule has 0 aromatic carbocycles. The third-order valence-electron chi connectivity index (χ3n) is 3.05. The number of morpholine rings is 1. The van der Waals surface area contributed by atoms with E-state index < -0.39 is 24.1 Å². The molecule has 8 heteroatoms. The summed E-state index contributed by atoms with van der Waals surface area (Å²) in [6, 6.07) is -2.04. The highest BCUT2D eigenvalue weighted by Gasteiger charge is 2.25. The van der Waals surface area contributed by atoms with E-state index in [2.05, 4.69) is 15.5 Å². The van der Waals surface area contributed by atoms with E-state index in [9.17, 15) is 14.7 Å². The maximum atomic E-state index is 11.7. The van der Waals surface area contributed by atoms with Gasteiger partial charge >= 0.3 is 12.0 Å². The molecule has 0 saturated carbocycles. The molecule has 8 nitrogen and oxygen atoms in total. The molecule has 1 aliphatic rings. The van der Waals surface area contributed by atoms with Crippen LogP contribution in [-0.2, 0) is 9.53 Å². The second-order valence-corrected chi connectivity index (χ2v) is 4.99. The number of hydrogen-bond acceptors (Lipinski definition) is 5. The van der Waals surface area contributed by atoms with E-state index in [1.165, 1.54) is 6.92 Å². The molecule has 20 heavy (non-hydrogen) atoms. The van der Waals surface area contributed by atoms with Crippen LogP contribution in [0.1, 0.15) is 13.8 Å². The Morgan fingerprint density at radius 2 is 1.85 bits per heavy atom. The Morgan fingerprint density at radius 3 is 2.35 bits per heavy atom. The Morgan fingerprint density at radius 1 is 1.25 bits per heavy atom. The first kappa shape index (κ1) is 16.7. The van der Waals surface area contributed by atoms with Gasteiger partial charge < -0.3 is 25.6 Å². The second kappa shape index (κ2) is 8.03. The molecule has 1 rings (SSSR count). The average molecular weight is 289 g/mol. The van der Waals surface area contributed by atoms with Gasteiger partial charge in [-0.15, -0.1) is 0 Å². The van der Waals surface area contributed by atoms with Crippen molar-refractivity contribution >= 4 is 12.0 Å². The maximum absolute atomic E-state index is 11.7. The molecule has 4 N–H and O–H groups in total. The number of carbonyl (C=O) groups is 2. The van der Waals surface area contributed by atoms with Crippen molar-refractivity contribution in [2.75, 3.05) is 32.8 Å². The van der Waals surface area contributed by atoms with Gasteiger partial charge in [-0.1, -0.05) is 0 Å². The van der Waals surface area contributed by atoms with Crippen LogP contribution < -0.4 is 10.6 Å². The fourth-order valence-electron chi connectivity index (χ4n) is 2.01. The lowest BCUT2D eigenvalue weighted by Crippen LogP contribution is -2.54. The van der Waals surface area contributed by atoms with Gasteiger partial charge in [0.25, 0.3) is 0 Å². The van der Waals surface area contributed by atoms with E-state index in [1.54, 1.807) is 0 Å². The van der Waals surface area contributed by atoms with Crippen molar-refractivity contribution in [1.29, 1.82) is 0 Å². The lowest BCUT2D eigenvalue weighted by atomic mass is 10.2. The van der Waals surface area contributed by atoms with Crippen LogP contribution in [0.15, 0.2) is 0 Å². The summed E-state index contributed by atoms with van der Waals surface area (Å²) in [5.74, 6) is -1.27. The van der Waals surface area contributed by atoms with Crippen molar-refractivity contribution in [3.05, 3.63) is 0 Å². The van der Waals surface area contributed by atoms with Crippen LogP contribution in [0, 0.1) is 0 Å². The number of aliphatic carboxylic acids is 1. The largest absolute Gasteiger partial charge is 0.480 e. The van der Waals surface area contributed by atoms with Gasteiger partial charge in [-0.2, -0.15) is 0 Å². The van der Waals surface area contributed by atoms with Gasteiger partial charge in [0.05, 0.1) is 19.3 Å². The number of carboxylic acids is 1. The molecule has 0 aliphatic carbocycles. The van der Waals surface area contributed by atoms with Crippen molar-refractivity contribution < 1.29 is 24.5 Å². The predicted octanol–water partition coefficient (Wildman–Crippen LogP) is -1.16. The second-order valence-electron chi connectivity index (χ2n) is 4.99. The van der Waals surface area contributed by atoms with Gasteiger partial charge in [0.15, 0.2) is 6.04 Å². The smallest absolute Gasteiger partial charge is 0.328 e. The number of nitrogens with zero attached hydrogens (tertiary/aromatic N) is 1. The highest BCUT2D eigenvalue weighted by molar-refractivity contribution is 5.83. The van der Waals surface area contributed by atoms with E-state index in [0.717, 1.165) is 13.1 Å². The summed E-state index contributed by atoms with van der Waals surface area (Å²) in [5.41, 5.74) is 0. The maximum Gasteiger partial charge on any atom is 0.328 e. The van der Waals surface area contributed by atoms with Crippen LogP contribution in [0.25, 0.3) is 0 Å². The van der Waals surface area contributed by atoms with Crippen LogP contribution >= 0.6 is 0 Å². The summed E-state index contributed by atoms with van der Waals surface area (Å²) in [6.07, 6.45) is -1.16. The quantitative estimate of drug-likeness (QED) is 0.491. The number of ether oxygens (including phenoxy) is 1. The Kier molecular flexibility index (Phi) is 6.69. The summed E-state index contributed by atoms with van der Waals surface area (Å²) in [6.45, 7) is 6.83. The van der Waals surface area contributed by atoms with Gasteiger partial charge in [0.2, 0.25) is 0 Å². The molecule has 1 heterocycles. The number of urea groups is 1. The molecular weight excluding hydrogens is 266 g/mol. The van der Waals surface area contributed by atoms with Crippen LogP contribution in [0.2, 0.25) is 0 Å². The molecule has 116 valence electrons. The van der Waals surface area contributed by atoms with Crippen LogP contribution in [0.5, 0.6) is 0 Å². The standard InChI is InChI=1S/C12H23N3O5/c1-8(7-15-3-5-20-6-4-15)13-12(19)14-10(9(2)16)11(17)18/h8-10,16H,3-7H2,1-2H3,(H,17,18)(H2,13,14,19)/t8?,9-,10+/m1/s1. The zero-order chi connectivity index (χ0) is 15.1. The molecule has 1 aliphatic heterocycles. The van der Waals surface area contributed by atoms with Gasteiger partial charge in [0.1, 0.15) is 0 Å². The van der Waals surface area contributed by atoms with Crippen molar-refractivity contribution in [1.82, 2.24) is 15.5 Å². The fourth-order valence-corrected chi connectivity index (χ4v) is 2.01. The molecule has 0 bridgehead atoms. The van der Waals surface area contributed by atoms with Crippen LogP contribution in [-0.4, -0.2) is 78.1 Å². The van der Waals surface area contributed by atoms with Crippen LogP contribution in [0.3, 0.4) is 0 Å². The number of aliphatic hydroxyl groups is 1. The van der Waals surface area contributed by atoms with E-state index in [4.69, 9.17) is 9.84 Å². The predicted molar refractivity (Wildman–Crippen MR) is 71.5 cm³/mol. The Balaban J connectivity index is 2.34. The van der Waals surface area contributed by atoms with E-state index in [1.807, 2.05) is 6.92 Å². The summed E-state index contributed by atoms with van der Waals surface area (Å²) in [5, 5.41) is 23.0. The first-order chi connectivity index (χ1) is 9.40. The molecule has 2 amide bonds. The van der Waals surface area contributed by atoms with Gasteiger partial charge in [0, 0.05) is 25.7 Å². The van der Waals surface area contributed by atoms with E-state index in [-0.39, 0.29) is 6.04 Å².